The van der Waals surface area contributed by atoms with Gasteiger partial charge in [0, 0.05) is 49.4 Å². The van der Waals surface area contributed by atoms with Crippen LogP contribution in [0.5, 0.6) is 0 Å². The number of hydrogen-bond acceptors (Lipinski definition) is 3. The van der Waals surface area contributed by atoms with E-state index in [1.54, 1.807) is 0 Å². The van der Waals surface area contributed by atoms with E-state index in [-0.39, 0.29) is 0 Å². The maximum Gasteiger partial charge on any atom is 0.104 e. The molecule has 0 amide bonds. The molecular formula is C15H22ClN3S. The van der Waals surface area contributed by atoms with Crippen LogP contribution in [0.3, 0.4) is 0 Å². The molecule has 1 heterocycles. The summed E-state index contributed by atoms with van der Waals surface area (Å²) >= 11 is 11.3. The molecule has 1 fully saturated rings. The van der Waals surface area contributed by atoms with E-state index in [1.807, 2.05) is 18.2 Å². The maximum atomic E-state index is 6.32. The van der Waals surface area contributed by atoms with Gasteiger partial charge in [-0.15, -0.1) is 0 Å². The largest absolute Gasteiger partial charge is 0.389 e. The highest BCUT2D eigenvalue weighted by Crippen LogP contribution is 2.20. The third-order valence-electron chi connectivity index (χ3n) is 3.87. The molecule has 110 valence electrons. The van der Waals surface area contributed by atoms with Crippen molar-refractivity contribution in [2.24, 2.45) is 5.73 Å². The summed E-state index contributed by atoms with van der Waals surface area (Å²) in [4.78, 5) is 5.35. The van der Waals surface area contributed by atoms with Crippen molar-refractivity contribution in [2.45, 2.75) is 26.4 Å². The van der Waals surface area contributed by atoms with Crippen LogP contribution in [0.1, 0.15) is 25.0 Å². The highest BCUT2D eigenvalue weighted by molar-refractivity contribution is 7.80. The lowest BCUT2D eigenvalue weighted by Crippen LogP contribution is -2.48. The fourth-order valence-corrected chi connectivity index (χ4v) is 2.87. The molecule has 1 aromatic rings. The molecule has 5 heteroatoms. The van der Waals surface area contributed by atoms with E-state index in [9.17, 15) is 0 Å². The zero-order valence-electron chi connectivity index (χ0n) is 12.1. The Labute approximate surface area is 131 Å². The number of thiocarbonyl (C=S) groups is 1. The van der Waals surface area contributed by atoms with Crippen LogP contribution in [0.4, 0.5) is 0 Å². The van der Waals surface area contributed by atoms with Gasteiger partial charge in [0.15, 0.2) is 0 Å². The number of nitrogens with two attached hydrogens (primary N) is 1. The van der Waals surface area contributed by atoms with E-state index in [2.05, 4.69) is 23.6 Å². The van der Waals surface area contributed by atoms with Crippen LogP contribution in [0.25, 0.3) is 0 Å². The van der Waals surface area contributed by atoms with Crippen LogP contribution in [0, 0.1) is 0 Å². The lowest BCUT2D eigenvalue weighted by Gasteiger charge is -2.37. The Kier molecular flexibility index (Phi) is 5.38. The van der Waals surface area contributed by atoms with Crippen molar-refractivity contribution in [3.63, 3.8) is 0 Å². The average molecular weight is 312 g/mol. The first-order chi connectivity index (χ1) is 9.47. The second-order valence-corrected chi connectivity index (χ2v) is 6.42. The number of nitrogens with zero attached hydrogens (tertiary/aromatic N) is 2. The SMILES string of the molecule is CC(C)N1CCN(Cc2ccc(C(N)=S)cc2Cl)CC1. The van der Waals surface area contributed by atoms with Gasteiger partial charge in [-0.1, -0.05) is 36.0 Å². The van der Waals surface area contributed by atoms with Crippen LogP contribution in [-0.2, 0) is 6.54 Å². The molecule has 20 heavy (non-hydrogen) atoms. The number of halogens is 1. The number of rotatable bonds is 4. The fraction of sp³-hybridized carbons (Fsp3) is 0.533. The summed E-state index contributed by atoms with van der Waals surface area (Å²) in [7, 11) is 0. The molecule has 0 aromatic heterocycles. The normalized spacial score (nSPS) is 17.6. The maximum absolute atomic E-state index is 6.32. The first kappa shape index (κ1) is 15.7. The van der Waals surface area contributed by atoms with Crippen LogP contribution in [-0.4, -0.2) is 47.0 Å². The molecule has 0 spiro atoms. The van der Waals surface area contributed by atoms with Gasteiger partial charge in [-0.25, -0.2) is 0 Å². The van der Waals surface area contributed by atoms with Gasteiger partial charge in [0.05, 0.1) is 0 Å². The summed E-state index contributed by atoms with van der Waals surface area (Å²) in [5.41, 5.74) is 7.59. The minimum atomic E-state index is 0.393. The van der Waals surface area contributed by atoms with Gasteiger partial charge in [0.2, 0.25) is 0 Å². The topological polar surface area (TPSA) is 32.5 Å². The molecule has 0 aliphatic carbocycles. The number of piperazine rings is 1. The first-order valence-electron chi connectivity index (χ1n) is 7.02. The fourth-order valence-electron chi connectivity index (χ4n) is 2.51. The smallest absolute Gasteiger partial charge is 0.104 e. The highest BCUT2D eigenvalue weighted by atomic mass is 35.5. The summed E-state index contributed by atoms with van der Waals surface area (Å²) in [6.07, 6.45) is 0. The van der Waals surface area contributed by atoms with Crippen LogP contribution in [0.15, 0.2) is 18.2 Å². The van der Waals surface area contributed by atoms with Crippen molar-refractivity contribution < 1.29 is 0 Å². The molecule has 0 bridgehead atoms. The third-order valence-corrected chi connectivity index (χ3v) is 4.46. The Morgan fingerprint density at radius 2 is 1.95 bits per heavy atom. The molecule has 0 saturated carbocycles. The summed E-state index contributed by atoms with van der Waals surface area (Å²) in [5, 5.41) is 0.751. The monoisotopic (exact) mass is 311 g/mol. The molecule has 1 aliphatic rings. The Hall–Kier alpha value is -0.680. The van der Waals surface area contributed by atoms with Crippen molar-refractivity contribution in [1.29, 1.82) is 0 Å². The molecule has 1 aromatic carbocycles. The first-order valence-corrected chi connectivity index (χ1v) is 7.80. The van der Waals surface area contributed by atoms with Crippen LogP contribution in [0.2, 0.25) is 5.02 Å². The summed E-state index contributed by atoms with van der Waals surface area (Å²) in [6.45, 7) is 9.82. The second-order valence-electron chi connectivity index (χ2n) is 5.58. The zero-order valence-corrected chi connectivity index (χ0v) is 13.7. The summed E-state index contributed by atoms with van der Waals surface area (Å²) in [6, 6.07) is 6.48. The van der Waals surface area contributed by atoms with E-state index in [0.29, 0.717) is 11.0 Å². The van der Waals surface area contributed by atoms with Gasteiger partial charge < -0.3 is 5.73 Å². The number of benzene rings is 1. The molecule has 1 saturated heterocycles. The Morgan fingerprint density at radius 3 is 2.45 bits per heavy atom. The van der Waals surface area contributed by atoms with Crippen molar-refractivity contribution in [1.82, 2.24) is 9.80 Å². The third kappa shape index (κ3) is 3.92. The second kappa shape index (κ2) is 6.85. The Bertz CT molecular complexity index is 482. The minimum absolute atomic E-state index is 0.393. The molecule has 2 rings (SSSR count). The highest BCUT2D eigenvalue weighted by Gasteiger charge is 2.19. The molecule has 2 N–H and O–H groups in total. The molecule has 0 unspecified atom stereocenters. The minimum Gasteiger partial charge on any atom is -0.389 e. The molecule has 3 nitrogen and oxygen atoms in total. The van der Waals surface area contributed by atoms with Gasteiger partial charge in [-0.2, -0.15) is 0 Å². The van der Waals surface area contributed by atoms with Gasteiger partial charge in [-0.05, 0) is 25.5 Å². The molecule has 0 atom stereocenters. The van der Waals surface area contributed by atoms with Gasteiger partial charge in [-0.3, -0.25) is 9.80 Å². The number of hydrogen-bond donors (Lipinski definition) is 1. The standard InChI is InChI=1S/C15H22ClN3S/c1-11(2)19-7-5-18(6-8-19)10-13-4-3-12(15(17)20)9-14(13)16/h3-4,9,11H,5-8,10H2,1-2H3,(H2,17,20). The van der Waals surface area contributed by atoms with E-state index in [1.165, 1.54) is 0 Å². The van der Waals surface area contributed by atoms with Crippen molar-refractivity contribution in [3.8, 4) is 0 Å². The van der Waals surface area contributed by atoms with E-state index in [4.69, 9.17) is 29.6 Å². The Balaban J connectivity index is 1.96. The van der Waals surface area contributed by atoms with Crippen LogP contribution >= 0.6 is 23.8 Å². The Morgan fingerprint density at radius 1 is 1.30 bits per heavy atom. The van der Waals surface area contributed by atoms with E-state index in [0.717, 1.165) is 48.9 Å². The average Bonchev–Trinajstić information content (AvgIpc) is 2.41. The van der Waals surface area contributed by atoms with Gasteiger partial charge >= 0.3 is 0 Å². The lowest BCUT2D eigenvalue weighted by molar-refractivity contribution is 0.104. The zero-order chi connectivity index (χ0) is 14.7. The molecule has 1 aliphatic heterocycles. The van der Waals surface area contributed by atoms with Gasteiger partial charge in [0.25, 0.3) is 0 Å². The van der Waals surface area contributed by atoms with Crippen LogP contribution < -0.4 is 5.73 Å². The van der Waals surface area contributed by atoms with Crippen molar-refractivity contribution in [3.05, 3.63) is 34.3 Å². The molecular weight excluding hydrogens is 290 g/mol. The predicted octanol–water partition coefficient (Wildman–Crippen LogP) is 2.50. The summed E-state index contributed by atoms with van der Waals surface area (Å²) in [5.74, 6) is 0. The van der Waals surface area contributed by atoms with Crippen molar-refractivity contribution in [2.75, 3.05) is 26.2 Å². The van der Waals surface area contributed by atoms with Crippen molar-refractivity contribution >= 4 is 28.8 Å². The predicted molar refractivity (Wildman–Crippen MR) is 89.3 cm³/mol. The molecule has 0 radical (unpaired) electrons. The summed E-state index contributed by atoms with van der Waals surface area (Å²) < 4.78 is 0. The van der Waals surface area contributed by atoms with Gasteiger partial charge in [0.1, 0.15) is 4.99 Å². The lowest BCUT2D eigenvalue weighted by atomic mass is 10.1. The quantitative estimate of drug-likeness (QED) is 0.866. The van der Waals surface area contributed by atoms with E-state index >= 15 is 0 Å². The van der Waals surface area contributed by atoms with E-state index < -0.39 is 0 Å².